The third kappa shape index (κ3) is 3.41. The normalized spacial score (nSPS) is 22.3. The zero-order valence-electron chi connectivity index (χ0n) is 14.1. The molecule has 1 fully saturated rings. The Morgan fingerprint density at radius 3 is 2.77 bits per heavy atom. The molecular weight excluding hydrogens is 357 g/mol. The average molecular weight is 377 g/mol. The van der Waals surface area contributed by atoms with Crippen molar-refractivity contribution in [1.82, 2.24) is 5.32 Å². The van der Waals surface area contributed by atoms with Crippen LogP contribution in [0.15, 0.2) is 42.5 Å². The van der Waals surface area contributed by atoms with Crippen molar-refractivity contribution in [1.29, 1.82) is 0 Å². The molecule has 2 unspecified atom stereocenters. The minimum atomic E-state index is -2.88. The Labute approximate surface area is 154 Å². The Hall–Kier alpha value is -2.12. The number of hydrogen-bond donors (Lipinski definition) is 2. The molecule has 0 aromatic heterocycles. The highest BCUT2D eigenvalue weighted by molar-refractivity contribution is 7.75. The van der Waals surface area contributed by atoms with Crippen LogP contribution in [0.5, 0.6) is 17.2 Å². The molecule has 0 aliphatic carbocycles. The van der Waals surface area contributed by atoms with Crippen molar-refractivity contribution in [2.75, 3.05) is 13.1 Å². The van der Waals surface area contributed by atoms with E-state index in [1.54, 1.807) is 24.3 Å². The standard InChI is InChI=1S/C19H20FNO4S/c20-26(23)25-15-4-5-16-17(13-2-1-3-14(22)10-13)12-19(24-18(16)11-15)6-8-21-9-7-19/h1-5,10-11,17,21-22H,6-9,12H2. The van der Waals surface area contributed by atoms with Gasteiger partial charge in [0.1, 0.15) is 22.8 Å². The van der Waals surface area contributed by atoms with E-state index in [1.165, 1.54) is 0 Å². The van der Waals surface area contributed by atoms with Crippen molar-refractivity contribution in [3.63, 3.8) is 0 Å². The van der Waals surface area contributed by atoms with Gasteiger partial charge in [0.2, 0.25) is 0 Å². The van der Waals surface area contributed by atoms with E-state index in [4.69, 9.17) is 4.74 Å². The van der Waals surface area contributed by atoms with Crippen LogP contribution in [-0.4, -0.2) is 28.0 Å². The molecule has 138 valence electrons. The van der Waals surface area contributed by atoms with Crippen LogP contribution in [0, 0.1) is 0 Å². The summed E-state index contributed by atoms with van der Waals surface area (Å²) in [5.41, 5.74) is 1.65. The van der Waals surface area contributed by atoms with E-state index in [0.717, 1.165) is 43.5 Å². The van der Waals surface area contributed by atoms with Gasteiger partial charge >= 0.3 is 11.5 Å². The van der Waals surface area contributed by atoms with Crippen LogP contribution in [0.1, 0.15) is 36.3 Å². The number of phenolic OH excluding ortho intramolecular Hbond substituents is 1. The van der Waals surface area contributed by atoms with Crippen molar-refractivity contribution < 1.29 is 22.1 Å². The summed E-state index contributed by atoms with van der Waals surface area (Å²) in [4.78, 5) is 0. The van der Waals surface area contributed by atoms with Crippen LogP contribution in [0.2, 0.25) is 0 Å². The van der Waals surface area contributed by atoms with Crippen LogP contribution in [-0.2, 0) is 11.5 Å². The van der Waals surface area contributed by atoms with Gasteiger partial charge in [-0.25, -0.2) is 0 Å². The van der Waals surface area contributed by atoms with Gasteiger partial charge in [0.25, 0.3) is 0 Å². The number of rotatable bonds is 3. The molecule has 2 aliphatic heterocycles. The molecule has 0 radical (unpaired) electrons. The number of phenols is 1. The fourth-order valence-corrected chi connectivity index (χ4v) is 4.26. The molecule has 2 N–H and O–H groups in total. The Kier molecular flexibility index (Phi) is 4.58. The summed E-state index contributed by atoms with van der Waals surface area (Å²) in [6, 6.07) is 12.3. The van der Waals surface area contributed by atoms with Crippen molar-refractivity contribution >= 4 is 11.5 Å². The number of halogens is 1. The van der Waals surface area contributed by atoms with Crippen LogP contribution in [0.3, 0.4) is 0 Å². The summed E-state index contributed by atoms with van der Waals surface area (Å²) < 4.78 is 34.5. The number of hydrogen-bond acceptors (Lipinski definition) is 5. The fourth-order valence-electron chi connectivity index (χ4n) is 4.00. The first kappa shape index (κ1) is 17.3. The van der Waals surface area contributed by atoms with E-state index >= 15 is 0 Å². The van der Waals surface area contributed by atoms with Crippen LogP contribution in [0.4, 0.5) is 3.89 Å². The second-order valence-corrected chi connectivity index (χ2v) is 7.42. The lowest BCUT2D eigenvalue weighted by Crippen LogP contribution is -2.49. The number of benzene rings is 2. The predicted octanol–water partition coefficient (Wildman–Crippen LogP) is 3.36. The molecule has 4 rings (SSSR count). The van der Waals surface area contributed by atoms with Crippen molar-refractivity contribution in [3.8, 4) is 17.2 Å². The summed E-state index contributed by atoms with van der Waals surface area (Å²) in [5, 5.41) is 13.2. The Morgan fingerprint density at radius 1 is 1.23 bits per heavy atom. The van der Waals surface area contributed by atoms with Crippen LogP contribution < -0.4 is 14.2 Å². The van der Waals surface area contributed by atoms with Gasteiger partial charge in [0, 0.05) is 17.5 Å². The van der Waals surface area contributed by atoms with E-state index in [0.29, 0.717) is 5.75 Å². The number of nitrogens with one attached hydrogen (secondary N) is 1. The summed E-state index contributed by atoms with van der Waals surface area (Å²) in [5.74, 6) is 1.07. The van der Waals surface area contributed by atoms with Gasteiger partial charge < -0.3 is 19.3 Å². The molecule has 1 saturated heterocycles. The molecule has 0 saturated carbocycles. The van der Waals surface area contributed by atoms with Crippen molar-refractivity contribution in [2.24, 2.45) is 0 Å². The smallest absolute Gasteiger partial charge is 0.401 e. The lowest BCUT2D eigenvalue weighted by molar-refractivity contribution is 0.0113. The van der Waals surface area contributed by atoms with Crippen LogP contribution in [0.25, 0.3) is 0 Å². The number of piperidine rings is 1. The summed E-state index contributed by atoms with van der Waals surface area (Å²) in [7, 11) is 0. The van der Waals surface area contributed by atoms with Gasteiger partial charge in [-0.2, -0.15) is 4.21 Å². The molecule has 26 heavy (non-hydrogen) atoms. The number of aromatic hydroxyl groups is 1. The van der Waals surface area contributed by atoms with E-state index in [2.05, 4.69) is 9.50 Å². The van der Waals surface area contributed by atoms with E-state index < -0.39 is 11.5 Å². The lowest BCUT2D eigenvalue weighted by atomic mass is 9.75. The van der Waals surface area contributed by atoms with Gasteiger partial charge in [-0.1, -0.05) is 22.1 Å². The van der Waals surface area contributed by atoms with Crippen LogP contribution >= 0.6 is 0 Å². The molecule has 2 aliphatic rings. The Morgan fingerprint density at radius 2 is 2.04 bits per heavy atom. The second kappa shape index (κ2) is 6.89. The minimum absolute atomic E-state index is 0.0499. The summed E-state index contributed by atoms with van der Waals surface area (Å²) in [6.45, 7) is 1.74. The van der Waals surface area contributed by atoms with E-state index in [9.17, 15) is 13.2 Å². The quantitative estimate of drug-likeness (QED) is 0.803. The molecule has 2 aromatic rings. The summed E-state index contributed by atoms with van der Waals surface area (Å²) >= 11 is -2.88. The number of fused-ring (bicyclic) bond motifs is 1. The molecule has 2 atom stereocenters. The third-order valence-electron chi connectivity index (χ3n) is 5.21. The van der Waals surface area contributed by atoms with E-state index in [-0.39, 0.29) is 23.0 Å². The third-order valence-corrected chi connectivity index (χ3v) is 5.54. The molecule has 0 bridgehead atoms. The zero-order valence-corrected chi connectivity index (χ0v) is 14.9. The molecule has 0 amide bonds. The molecule has 2 aromatic carbocycles. The van der Waals surface area contributed by atoms with Gasteiger partial charge in [0.05, 0.1) is 0 Å². The minimum Gasteiger partial charge on any atom is -0.508 e. The molecule has 7 heteroatoms. The molecule has 1 spiro atoms. The highest BCUT2D eigenvalue weighted by Crippen LogP contribution is 2.48. The summed E-state index contributed by atoms with van der Waals surface area (Å²) in [6.07, 6.45) is 2.53. The van der Waals surface area contributed by atoms with Gasteiger partial charge in [-0.05, 0) is 56.1 Å². The zero-order chi connectivity index (χ0) is 18.1. The Bertz CT molecular complexity index is 838. The van der Waals surface area contributed by atoms with E-state index in [1.807, 2.05) is 18.2 Å². The maximum atomic E-state index is 12.7. The number of ether oxygens (including phenoxy) is 1. The monoisotopic (exact) mass is 377 g/mol. The first-order chi connectivity index (χ1) is 12.5. The first-order valence-corrected chi connectivity index (χ1v) is 9.61. The van der Waals surface area contributed by atoms with Gasteiger partial charge in [-0.15, -0.1) is 0 Å². The molecular formula is C19H20FNO4S. The highest BCUT2D eigenvalue weighted by atomic mass is 32.2. The maximum absolute atomic E-state index is 12.7. The van der Waals surface area contributed by atoms with Crippen molar-refractivity contribution in [3.05, 3.63) is 53.6 Å². The molecule has 2 heterocycles. The Balaban J connectivity index is 1.77. The van der Waals surface area contributed by atoms with Crippen molar-refractivity contribution in [2.45, 2.75) is 30.8 Å². The largest absolute Gasteiger partial charge is 0.508 e. The molecule has 5 nitrogen and oxygen atoms in total. The first-order valence-electron chi connectivity index (χ1n) is 8.64. The van der Waals surface area contributed by atoms with Gasteiger partial charge in [-0.3, -0.25) is 0 Å². The maximum Gasteiger partial charge on any atom is 0.401 e. The lowest BCUT2D eigenvalue weighted by Gasteiger charge is -2.45. The van der Waals surface area contributed by atoms with Gasteiger partial charge in [0.15, 0.2) is 0 Å². The second-order valence-electron chi connectivity index (χ2n) is 6.86. The predicted molar refractivity (Wildman–Crippen MR) is 96.3 cm³/mol. The topological polar surface area (TPSA) is 67.8 Å². The fraction of sp³-hybridized carbons (Fsp3) is 0.368. The highest BCUT2D eigenvalue weighted by Gasteiger charge is 2.42. The SMILES string of the molecule is O=S(F)Oc1ccc2c(c1)OC1(CCNCC1)CC2c1cccc(O)c1. The average Bonchev–Trinajstić information content (AvgIpc) is 2.61.